The SMILES string of the molecule is CC(C)(C(N)=O)c1ccc(-c2cccc3c2O[C@H](CN)C3)cc1. The molecule has 1 atom stereocenters. The Hall–Kier alpha value is -2.33. The zero-order valence-corrected chi connectivity index (χ0v) is 13.5. The van der Waals surface area contributed by atoms with E-state index in [-0.39, 0.29) is 12.0 Å². The summed E-state index contributed by atoms with van der Waals surface area (Å²) in [6.45, 7) is 4.18. The molecule has 1 aliphatic heterocycles. The summed E-state index contributed by atoms with van der Waals surface area (Å²) in [6, 6.07) is 14.1. The van der Waals surface area contributed by atoms with E-state index < -0.39 is 5.41 Å². The van der Waals surface area contributed by atoms with E-state index in [0.717, 1.165) is 28.9 Å². The largest absolute Gasteiger partial charge is 0.488 e. The highest BCUT2D eigenvalue weighted by Crippen LogP contribution is 2.39. The predicted molar refractivity (Wildman–Crippen MR) is 91.3 cm³/mol. The van der Waals surface area contributed by atoms with Gasteiger partial charge >= 0.3 is 0 Å². The van der Waals surface area contributed by atoms with Gasteiger partial charge in [0, 0.05) is 18.5 Å². The minimum atomic E-state index is -0.682. The molecule has 23 heavy (non-hydrogen) atoms. The summed E-state index contributed by atoms with van der Waals surface area (Å²) in [7, 11) is 0. The summed E-state index contributed by atoms with van der Waals surface area (Å²) < 4.78 is 5.98. The minimum Gasteiger partial charge on any atom is -0.488 e. The van der Waals surface area contributed by atoms with Crippen molar-refractivity contribution in [2.75, 3.05) is 6.54 Å². The summed E-state index contributed by atoms with van der Waals surface area (Å²) >= 11 is 0. The smallest absolute Gasteiger partial charge is 0.227 e. The van der Waals surface area contributed by atoms with Gasteiger partial charge in [0.05, 0.1) is 5.41 Å². The van der Waals surface area contributed by atoms with Crippen molar-refractivity contribution in [1.82, 2.24) is 0 Å². The zero-order valence-electron chi connectivity index (χ0n) is 13.5. The van der Waals surface area contributed by atoms with Crippen molar-refractivity contribution in [3.63, 3.8) is 0 Å². The summed E-state index contributed by atoms with van der Waals surface area (Å²) in [4.78, 5) is 11.6. The Morgan fingerprint density at radius 3 is 2.52 bits per heavy atom. The van der Waals surface area contributed by atoms with Gasteiger partial charge in [-0.25, -0.2) is 0 Å². The number of carbonyl (C=O) groups excluding carboxylic acids is 1. The average Bonchev–Trinajstić information content (AvgIpc) is 2.98. The van der Waals surface area contributed by atoms with Gasteiger partial charge in [-0.1, -0.05) is 42.5 Å². The highest BCUT2D eigenvalue weighted by Gasteiger charge is 2.28. The lowest BCUT2D eigenvalue weighted by Crippen LogP contribution is -2.35. The fourth-order valence-electron chi connectivity index (χ4n) is 2.91. The Labute approximate surface area is 136 Å². The Morgan fingerprint density at radius 2 is 1.91 bits per heavy atom. The van der Waals surface area contributed by atoms with Crippen molar-refractivity contribution in [3.05, 3.63) is 53.6 Å². The lowest BCUT2D eigenvalue weighted by molar-refractivity contribution is -0.122. The number of rotatable bonds is 4. The minimum absolute atomic E-state index is 0.0548. The Balaban J connectivity index is 1.96. The van der Waals surface area contributed by atoms with Crippen molar-refractivity contribution in [2.24, 2.45) is 11.5 Å². The number of amides is 1. The maximum absolute atomic E-state index is 11.6. The van der Waals surface area contributed by atoms with Gasteiger partial charge in [-0.3, -0.25) is 4.79 Å². The maximum Gasteiger partial charge on any atom is 0.227 e. The number of benzene rings is 2. The van der Waals surface area contributed by atoms with E-state index in [0.29, 0.717) is 6.54 Å². The number of para-hydroxylation sites is 1. The highest BCUT2D eigenvalue weighted by atomic mass is 16.5. The van der Waals surface area contributed by atoms with Gasteiger partial charge in [0.1, 0.15) is 11.9 Å². The molecular weight excluding hydrogens is 288 g/mol. The first-order valence-corrected chi connectivity index (χ1v) is 7.83. The van der Waals surface area contributed by atoms with E-state index in [1.807, 2.05) is 50.2 Å². The standard InChI is InChI=1S/C19H22N2O2/c1-19(2,18(21)22)14-8-6-12(7-9-14)16-5-3-4-13-10-15(11-20)23-17(13)16/h3-9,15H,10-11,20H2,1-2H3,(H2,21,22)/t15-/m0/s1. The van der Waals surface area contributed by atoms with E-state index >= 15 is 0 Å². The monoisotopic (exact) mass is 310 g/mol. The summed E-state index contributed by atoms with van der Waals surface area (Å²) in [5.41, 5.74) is 14.7. The highest BCUT2D eigenvalue weighted by molar-refractivity contribution is 5.86. The van der Waals surface area contributed by atoms with Gasteiger partial charge in [0.25, 0.3) is 0 Å². The predicted octanol–water partition coefficient (Wildman–Crippen LogP) is 2.38. The molecule has 0 spiro atoms. The lowest BCUT2D eigenvalue weighted by atomic mass is 9.83. The number of nitrogens with two attached hydrogens (primary N) is 2. The van der Waals surface area contributed by atoms with Crippen LogP contribution in [0.25, 0.3) is 11.1 Å². The number of carbonyl (C=O) groups is 1. The first-order valence-electron chi connectivity index (χ1n) is 7.83. The quantitative estimate of drug-likeness (QED) is 0.910. The van der Waals surface area contributed by atoms with E-state index in [4.69, 9.17) is 16.2 Å². The second kappa shape index (κ2) is 5.70. The molecule has 0 aliphatic carbocycles. The van der Waals surface area contributed by atoms with E-state index in [1.54, 1.807) is 0 Å². The van der Waals surface area contributed by atoms with Crippen molar-refractivity contribution in [3.8, 4) is 16.9 Å². The van der Waals surface area contributed by atoms with Gasteiger partial charge in [-0.05, 0) is 30.5 Å². The van der Waals surface area contributed by atoms with Crippen LogP contribution in [0.1, 0.15) is 25.0 Å². The van der Waals surface area contributed by atoms with E-state index in [9.17, 15) is 4.79 Å². The number of ether oxygens (including phenoxy) is 1. The topological polar surface area (TPSA) is 78.3 Å². The molecule has 2 aromatic rings. The van der Waals surface area contributed by atoms with Crippen LogP contribution in [0.15, 0.2) is 42.5 Å². The van der Waals surface area contributed by atoms with Crippen LogP contribution in [-0.2, 0) is 16.6 Å². The van der Waals surface area contributed by atoms with Crippen LogP contribution in [0.4, 0.5) is 0 Å². The second-order valence-corrected chi connectivity index (χ2v) is 6.54. The molecular formula is C19H22N2O2. The normalized spacial score (nSPS) is 16.7. The first kappa shape index (κ1) is 15.6. The van der Waals surface area contributed by atoms with Crippen LogP contribution in [0.2, 0.25) is 0 Å². The molecule has 1 heterocycles. The molecule has 0 saturated carbocycles. The molecule has 0 saturated heterocycles. The van der Waals surface area contributed by atoms with Crippen molar-refractivity contribution < 1.29 is 9.53 Å². The molecule has 0 fully saturated rings. The fraction of sp³-hybridized carbons (Fsp3) is 0.316. The molecule has 2 aromatic carbocycles. The van der Waals surface area contributed by atoms with Gasteiger partial charge in [0.2, 0.25) is 5.91 Å². The molecule has 0 unspecified atom stereocenters. The van der Waals surface area contributed by atoms with Gasteiger partial charge < -0.3 is 16.2 Å². The van der Waals surface area contributed by atoms with Gasteiger partial charge in [-0.15, -0.1) is 0 Å². The molecule has 0 radical (unpaired) electrons. The maximum atomic E-state index is 11.6. The van der Waals surface area contributed by atoms with Gasteiger partial charge in [-0.2, -0.15) is 0 Å². The third-order valence-electron chi connectivity index (χ3n) is 4.63. The summed E-state index contributed by atoms with van der Waals surface area (Å²) in [5, 5.41) is 0. The number of hydrogen-bond donors (Lipinski definition) is 2. The van der Waals surface area contributed by atoms with Crippen LogP contribution >= 0.6 is 0 Å². The van der Waals surface area contributed by atoms with Crippen LogP contribution in [0, 0.1) is 0 Å². The molecule has 1 amide bonds. The lowest BCUT2D eigenvalue weighted by Gasteiger charge is -2.21. The third-order valence-corrected chi connectivity index (χ3v) is 4.63. The molecule has 120 valence electrons. The second-order valence-electron chi connectivity index (χ2n) is 6.54. The van der Waals surface area contributed by atoms with Crippen LogP contribution in [-0.4, -0.2) is 18.6 Å². The van der Waals surface area contributed by atoms with E-state index in [1.165, 1.54) is 5.56 Å². The van der Waals surface area contributed by atoms with Crippen molar-refractivity contribution in [2.45, 2.75) is 31.8 Å². The number of hydrogen-bond acceptors (Lipinski definition) is 3. The van der Waals surface area contributed by atoms with Gasteiger partial charge in [0.15, 0.2) is 0 Å². The molecule has 0 aromatic heterocycles. The van der Waals surface area contributed by atoms with E-state index in [2.05, 4.69) is 6.07 Å². The number of fused-ring (bicyclic) bond motifs is 1. The Morgan fingerprint density at radius 1 is 1.22 bits per heavy atom. The molecule has 0 bridgehead atoms. The van der Waals surface area contributed by atoms with Crippen LogP contribution < -0.4 is 16.2 Å². The van der Waals surface area contributed by atoms with Crippen LogP contribution in [0.5, 0.6) is 5.75 Å². The molecule has 3 rings (SSSR count). The third kappa shape index (κ3) is 2.70. The first-order chi connectivity index (χ1) is 10.9. The average molecular weight is 310 g/mol. The summed E-state index contributed by atoms with van der Waals surface area (Å²) in [5.74, 6) is 0.588. The fourth-order valence-corrected chi connectivity index (χ4v) is 2.91. The summed E-state index contributed by atoms with van der Waals surface area (Å²) in [6.07, 6.45) is 0.908. The van der Waals surface area contributed by atoms with Crippen LogP contribution in [0.3, 0.4) is 0 Å². The molecule has 1 aliphatic rings. The Bertz CT molecular complexity index is 736. The van der Waals surface area contributed by atoms with Crippen molar-refractivity contribution >= 4 is 5.91 Å². The molecule has 4 N–H and O–H groups in total. The van der Waals surface area contributed by atoms with Crippen molar-refractivity contribution in [1.29, 1.82) is 0 Å². The molecule has 4 heteroatoms. The zero-order chi connectivity index (χ0) is 16.6. The Kier molecular flexibility index (Phi) is 3.86. The number of primary amides is 1. The molecule has 4 nitrogen and oxygen atoms in total.